The molecule has 2 rings (SSSR count). The second-order valence-electron chi connectivity index (χ2n) is 6.48. The van der Waals surface area contributed by atoms with E-state index in [1.807, 2.05) is 12.1 Å². The van der Waals surface area contributed by atoms with Crippen LogP contribution in [0.1, 0.15) is 37.0 Å². The summed E-state index contributed by atoms with van der Waals surface area (Å²) in [4.78, 5) is 4.87. The van der Waals surface area contributed by atoms with Crippen molar-refractivity contribution in [2.75, 3.05) is 46.4 Å². The molecule has 1 N–H and O–H groups in total. The molecule has 0 radical (unpaired) electrons. The van der Waals surface area contributed by atoms with Crippen LogP contribution in [0.5, 0.6) is 0 Å². The van der Waals surface area contributed by atoms with Crippen LogP contribution in [-0.4, -0.2) is 67.4 Å². The van der Waals surface area contributed by atoms with E-state index in [9.17, 15) is 5.11 Å². The van der Waals surface area contributed by atoms with Crippen molar-refractivity contribution in [2.45, 2.75) is 31.9 Å². The van der Waals surface area contributed by atoms with Crippen LogP contribution in [0, 0.1) is 11.3 Å². The van der Waals surface area contributed by atoms with Crippen LogP contribution in [0.4, 0.5) is 0 Å². The lowest BCUT2D eigenvalue weighted by atomic mass is 10.0. The number of aliphatic hydroxyl groups is 1. The van der Waals surface area contributed by atoms with Gasteiger partial charge in [-0.3, -0.25) is 9.80 Å². The number of hydrogen-bond donors (Lipinski definition) is 1. The number of methoxy groups -OCH3 is 1. The van der Waals surface area contributed by atoms with Crippen molar-refractivity contribution in [1.29, 1.82) is 5.26 Å². The molecule has 1 fully saturated rings. The summed E-state index contributed by atoms with van der Waals surface area (Å²) in [6, 6.07) is 9.87. The molecule has 0 amide bonds. The maximum atomic E-state index is 10.5. The summed E-state index contributed by atoms with van der Waals surface area (Å²) < 4.78 is 5.22. The first-order valence-corrected chi connectivity index (χ1v) is 8.81. The summed E-state index contributed by atoms with van der Waals surface area (Å²) in [6.45, 7) is 7.60. The quantitative estimate of drug-likeness (QED) is 0.790. The highest BCUT2D eigenvalue weighted by Crippen LogP contribution is 2.19. The molecule has 24 heavy (non-hydrogen) atoms. The Labute approximate surface area is 145 Å². The summed E-state index contributed by atoms with van der Waals surface area (Å²) in [7, 11) is 1.75. The van der Waals surface area contributed by atoms with Crippen molar-refractivity contribution in [3.05, 3.63) is 35.4 Å². The van der Waals surface area contributed by atoms with Crippen LogP contribution < -0.4 is 0 Å². The third-order valence-electron chi connectivity index (χ3n) is 4.75. The lowest BCUT2D eigenvalue weighted by Gasteiger charge is -2.42. The Morgan fingerprint density at radius 3 is 2.71 bits per heavy atom. The van der Waals surface area contributed by atoms with Crippen molar-refractivity contribution in [1.82, 2.24) is 9.80 Å². The first kappa shape index (κ1) is 18.9. The molecular formula is C19H29N3O2. The second kappa shape index (κ2) is 9.75. The Balaban J connectivity index is 1.91. The molecule has 0 aliphatic carbocycles. The molecule has 1 heterocycles. The molecule has 1 aromatic rings. The van der Waals surface area contributed by atoms with Crippen molar-refractivity contribution < 1.29 is 9.84 Å². The van der Waals surface area contributed by atoms with Crippen molar-refractivity contribution in [2.24, 2.45) is 0 Å². The van der Waals surface area contributed by atoms with Gasteiger partial charge in [0, 0.05) is 45.9 Å². The number of nitriles is 1. The van der Waals surface area contributed by atoms with Gasteiger partial charge in [0.05, 0.1) is 24.3 Å². The highest BCUT2D eigenvalue weighted by Gasteiger charge is 2.27. The Morgan fingerprint density at radius 2 is 2.08 bits per heavy atom. The van der Waals surface area contributed by atoms with Gasteiger partial charge in [0.2, 0.25) is 0 Å². The van der Waals surface area contributed by atoms with E-state index in [4.69, 9.17) is 10.00 Å². The molecule has 0 bridgehead atoms. The van der Waals surface area contributed by atoms with E-state index >= 15 is 0 Å². The Hall–Kier alpha value is -1.45. The number of aliphatic hydroxyl groups excluding tert-OH is 1. The SMILES string of the molecule is CCCC1CN(CC(O)c2ccc(C#N)cc2)CCN1CCOC. The number of ether oxygens (including phenoxy) is 1. The molecule has 0 spiro atoms. The van der Waals surface area contributed by atoms with Crippen molar-refractivity contribution >= 4 is 0 Å². The van der Waals surface area contributed by atoms with Gasteiger partial charge in [-0.25, -0.2) is 0 Å². The maximum Gasteiger partial charge on any atom is 0.0991 e. The van der Waals surface area contributed by atoms with E-state index in [2.05, 4.69) is 22.8 Å². The predicted molar refractivity (Wildman–Crippen MR) is 94.7 cm³/mol. The minimum atomic E-state index is -0.509. The van der Waals surface area contributed by atoms with E-state index in [0.717, 1.165) is 38.3 Å². The van der Waals surface area contributed by atoms with Gasteiger partial charge in [-0.1, -0.05) is 25.5 Å². The zero-order valence-electron chi connectivity index (χ0n) is 14.8. The zero-order valence-corrected chi connectivity index (χ0v) is 14.8. The van der Waals surface area contributed by atoms with Gasteiger partial charge in [-0.2, -0.15) is 5.26 Å². The van der Waals surface area contributed by atoms with Crippen LogP contribution in [0.3, 0.4) is 0 Å². The maximum absolute atomic E-state index is 10.5. The summed E-state index contributed by atoms with van der Waals surface area (Å²) in [6.07, 6.45) is 1.83. The van der Waals surface area contributed by atoms with E-state index in [1.165, 1.54) is 12.8 Å². The third kappa shape index (κ3) is 5.29. The van der Waals surface area contributed by atoms with E-state index < -0.39 is 6.10 Å². The van der Waals surface area contributed by atoms with Gasteiger partial charge < -0.3 is 9.84 Å². The van der Waals surface area contributed by atoms with Crippen LogP contribution >= 0.6 is 0 Å². The monoisotopic (exact) mass is 331 g/mol. The molecule has 5 nitrogen and oxygen atoms in total. The minimum Gasteiger partial charge on any atom is -0.387 e. The summed E-state index contributed by atoms with van der Waals surface area (Å²) >= 11 is 0. The molecule has 5 heteroatoms. The molecule has 132 valence electrons. The van der Waals surface area contributed by atoms with Gasteiger partial charge in [0.1, 0.15) is 0 Å². The summed E-state index contributed by atoms with van der Waals surface area (Å²) in [5.74, 6) is 0. The minimum absolute atomic E-state index is 0.509. The Bertz CT molecular complexity index is 526. The smallest absolute Gasteiger partial charge is 0.0991 e. The van der Waals surface area contributed by atoms with E-state index in [1.54, 1.807) is 19.2 Å². The number of piperazine rings is 1. The Kier molecular flexibility index (Phi) is 7.67. The molecule has 1 saturated heterocycles. The van der Waals surface area contributed by atoms with Gasteiger partial charge in [0.25, 0.3) is 0 Å². The molecule has 1 aromatic carbocycles. The standard InChI is InChI=1S/C19H29N3O2/c1-3-4-18-14-21(9-10-22(18)11-12-24-2)15-19(23)17-7-5-16(13-20)6-8-17/h5-8,18-19,23H,3-4,9-12,14-15H2,1-2H3. The van der Waals surface area contributed by atoms with Crippen LogP contribution in [-0.2, 0) is 4.74 Å². The van der Waals surface area contributed by atoms with Crippen molar-refractivity contribution in [3.63, 3.8) is 0 Å². The highest BCUT2D eigenvalue weighted by molar-refractivity contribution is 5.32. The van der Waals surface area contributed by atoms with Crippen LogP contribution in [0.25, 0.3) is 0 Å². The second-order valence-corrected chi connectivity index (χ2v) is 6.48. The fourth-order valence-electron chi connectivity index (χ4n) is 3.36. The third-order valence-corrected chi connectivity index (χ3v) is 4.75. The molecule has 1 aliphatic heterocycles. The van der Waals surface area contributed by atoms with E-state index in [-0.39, 0.29) is 0 Å². The number of rotatable bonds is 8. The fraction of sp³-hybridized carbons (Fsp3) is 0.632. The van der Waals surface area contributed by atoms with Gasteiger partial charge in [0.15, 0.2) is 0 Å². The number of β-amino-alcohol motifs (C(OH)–C–C–N with tert-alkyl or cyclic N) is 1. The average Bonchev–Trinajstić information content (AvgIpc) is 2.61. The van der Waals surface area contributed by atoms with Gasteiger partial charge in [-0.05, 0) is 24.1 Å². The van der Waals surface area contributed by atoms with Crippen LogP contribution in [0.15, 0.2) is 24.3 Å². The number of benzene rings is 1. The first-order valence-electron chi connectivity index (χ1n) is 8.81. The average molecular weight is 331 g/mol. The van der Waals surface area contributed by atoms with Gasteiger partial charge >= 0.3 is 0 Å². The highest BCUT2D eigenvalue weighted by atomic mass is 16.5. The molecule has 0 saturated carbocycles. The first-order chi connectivity index (χ1) is 11.7. The molecule has 1 aliphatic rings. The topological polar surface area (TPSA) is 59.7 Å². The predicted octanol–water partition coefficient (Wildman–Crippen LogP) is 2.02. The lowest BCUT2D eigenvalue weighted by molar-refractivity contribution is 0.0242. The number of hydrogen-bond acceptors (Lipinski definition) is 5. The van der Waals surface area contributed by atoms with E-state index in [0.29, 0.717) is 18.2 Å². The molecule has 2 atom stereocenters. The zero-order chi connectivity index (χ0) is 17.4. The number of nitrogens with zero attached hydrogens (tertiary/aromatic N) is 3. The van der Waals surface area contributed by atoms with Crippen LogP contribution in [0.2, 0.25) is 0 Å². The molecule has 0 aromatic heterocycles. The molecule has 2 unspecified atom stereocenters. The normalized spacial score (nSPS) is 20.7. The largest absolute Gasteiger partial charge is 0.387 e. The summed E-state index contributed by atoms with van der Waals surface area (Å²) in [5.41, 5.74) is 1.50. The van der Waals surface area contributed by atoms with Gasteiger partial charge in [-0.15, -0.1) is 0 Å². The summed E-state index contributed by atoms with van der Waals surface area (Å²) in [5, 5.41) is 19.4. The lowest BCUT2D eigenvalue weighted by Crippen LogP contribution is -2.54. The van der Waals surface area contributed by atoms with Crippen molar-refractivity contribution in [3.8, 4) is 6.07 Å². The fourth-order valence-corrected chi connectivity index (χ4v) is 3.36. The Morgan fingerprint density at radius 1 is 1.33 bits per heavy atom. The molecular weight excluding hydrogens is 302 g/mol.